The largest absolute Gasteiger partial charge is 0.357 e. The Morgan fingerprint density at radius 1 is 1.18 bits per heavy atom. The zero-order valence-electron chi connectivity index (χ0n) is 15.5. The van der Waals surface area contributed by atoms with E-state index in [9.17, 15) is 0 Å². The summed E-state index contributed by atoms with van der Waals surface area (Å²) in [6.45, 7) is 16.6. The molecule has 1 heterocycles. The van der Waals surface area contributed by atoms with E-state index >= 15 is 0 Å². The lowest BCUT2D eigenvalue weighted by atomic mass is 9.97. The van der Waals surface area contributed by atoms with Crippen LogP contribution in [0.15, 0.2) is 4.99 Å². The zero-order chi connectivity index (χ0) is 16.4. The molecular formula is C18H38N4. The third-order valence-electron chi connectivity index (χ3n) is 4.85. The molecule has 1 saturated heterocycles. The summed E-state index contributed by atoms with van der Waals surface area (Å²) in [4.78, 5) is 7.38. The normalized spacial score (nSPS) is 20.7. The van der Waals surface area contributed by atoms with Crippen LogP contribution in [0, 0.1) is 11.8 Å². The molecule has 1 aliphatic heterocycles. The van der Waals surface area contributed by atoms with E-state index in [0.717, 1.165) is 31.5 Å². The predicted molar refractivity (Wildman–Crippen MR) is 97.5 cm³/mol. The van der Waals surface area contributed by atoms with Gasteiger partial charge in [-0.1, -0.05) is 26.7 Å². The molecule has 130 valence electrons. The summed E-state index contributed by atoms with van der Waals surface area (Å²) >= 11 is 0. The van der Waals surface area contributed by atoms with Crippen molar-refractivity contribution in [3.63, 3.8) is 0 Å². The number of rotatable bonds is 8. The standard InChI is InChI=1S/C18H38N4/c1-6-16(7-2)12-20-18(19-8-3)21-13-17-10-9-11-22(14-17)15(4)5/h15-17H,6-14H2,1-5H3,(H2,19,20,21). The molecule has 0 radical (unpaired) electrons. The van der Waals surface area contributed by atoms with Gasteiger partial charge in [0.1, 0.15) is 0 Å². The topological polar surface area (TPSA) is 39.7 Å². The molecule has 0 spiro atoms. The van der Waals surface area contributed by atoms with Gasteiger partial charge in [-0.3, -0.25) is 4.99 Å². The van der Waals surface area contributed by atoms with E-state index in [1.807, 2.05) is 0 Å². The summed E-state index contributed by atoms with van der Waals surface area (Å²) in [6.07, 6.45) is 5.09. The highest BCUT2D eigenvalue weighted by Gasteiger charge is 2.21. The van der Waals surface area contributed by atoms with E-state index in [1.165, 1.54) is 38.8 Å². The average Bonchev–Trinajstić information content (AvgIpc) is 2.53. The molecule has 0 aromatic rings. The molecular weight excluding hydrogens is 272 g/mol. The van der Waals surface area contributed by atoms with E-state index in [4.69, 9.17) is 4.99 Å². The van der Waals surface area contributed by atoms with Crippen LogP contribution in [0.2, 0.25) is 0 Å². The summed E-state index contributed by atoms with van der Waals surface area (Å²) in [7, 11) is 0. The Kier molecular flexibility index (Phi) is 9.53. The van der Waals surface area contributed by atoms with Crippen molar-refractivity contribution in [1.82, 2.24) is 15.5 Å². The van der Waals surface area contributed by atoms with Crippen molar-refractivity contribution in [3.8, 4) is 0 Å². The highest BCUT2D eigenvalue weighted by molar-refractivity contribution is 5.79. The van der Waals surface area contributed by atoms with Gasteiger partial charge in [0.15, 0.2) is 5.96 Å². The predicted octanol–water partition coefficient (Wildman–Crippen LogP) is 3.10. The van der Waals surface area contributed by atoms with Crippen LogP contribution in [0.3, 0.4) is 0 Å². The van der Waals surface area contributed by atoms with Crippen LogP contribution < -0.4 is 10.6 Å². The number of likely N-dealkylation sites (tertiary alicyclic amines) is 1. The van der Waals surface area contributed by atoms with E-state index in [0.29, 0.717) is 12.0 Å². The molecule has 1 atom stereocenters. The van der Waals surface area contributed by atoms with Gasteiger partial charge in [-0.05, 0) is 52.0 Å². The second kappa shape index (κ2) is 10.9. The number of hydrogen-bond acceptors (Lipinski definition) is 2. The number of guanidine groups is 1. The lowest BCUT2D eigenvalue weighted by molar-refractivity contribution is 0.141. The first-order valence-corrected chi connectivity index (χ1v) is 9.36. The fourth-order valence-electron chi connectivity index (χ4n) is 3.08. The first-order valence-electron chi connectivity index (χ1n) is 9.36. The van der Waals surface area contributed by atoms with Crippen molar-refractivity contribution in [2.45, 2.75) is 66.3 Å². The van der Waals surface area contributed by atoms with Crippen molar-refractivity contribution in [2.24, 2.45) is 16.8 Å². The molecule has 4 heteroatoms. The Morgan fingerprint density at radius 3 is 2.50 bits per heavy atom. The van der Waals surface area contributed by atoms with Crippen LogP contribution >= 0.6 is 0 Å². The van der Waals surface area contributed by atoms with E-state index in [-0.39, 0.29) is 0 Å². The molecule has 0 aromatic heterocycles. The van der Waals surface area contributed by atoms with E-state index < -0.39 is 0 Å². The summed E-state index contributed by atoms with van der Waals surface area (Å²) in [5, 5.41) is 6.95. The van der Waals surface area contributed by atoms with Crippen LogP contribution in [0.1, 0.15) is 60.3 Å². The molecule has 1 fully saturated rings. The number of nitrogens with zero attached hydrogens (tertiary/aromatic N) is 2. The minimum atomic E-state index is 0.666. The molecule has 0 aliphatic carbocycles. The monoisotopic (exact) mass is 310 g/mol. The number of piperidine rings is 1. The lowest BCUT2D eigenvalue weighted by Crippen LogP contribution is -2.46. The molecule has 0 bridgehead atoms. The van der Waals surface area contributed by atoms with Crippen LogP contribution in [0.4, 0.5) is 0 Å². The quantitative estimate of drug-likeness (QED) is 0.534. The van der Waals surface area contributed by atoms with Gasteiger partial charge in [0.2, 0.25) is 0 Å². The smallest absolute Gasteiger partial charge is 0.191 e. The zero-order valence-corrected chi connectivity index (χ0v) is 15.5. The fraction of sp³-hybridized carbons (Fsp3) is 0.944. The Balaban J connectivity index is 2.44. The lowest BCUT2D eigenvalue weighted by Gasteiger charge is -2.35. The second-order valence-electron chi connectivity index (χ2n) is 6.88. The molecule has 0 aromatic carbocycles. The van der Waals surface area contributed by atoms with Crippen LogP contribution in [0.5, 0.6) is 0 Å². The minimum absolute atomic E-state index is 0.666. The first-order chi connectivity index (χ1) is 10.6. The molecule has 2 N–H and O–H groups in total. The number of hydrogen-bond donors (Lipinski definition) is 2. The summed E-state index contributed by atoms with van der Waals surface area (Å²) in [5.74, 6) is 2.45. The van der Waals surface area contributed by atoms with Gasteiger partial charge in [0, 0.05) is 32.2 Å². The first kappa shape index (κ1) is 19.3. The Morgan fingerprint density at radius 2 is 1.91 bits per heavy atom. The highest BCUT2D eigenvalue weighted by atomic mass is 15.2. The highest BCUT2D eigenvalue weighted by Crippen LogP contribution is 2.17. The maximum absolute atomic E-state index is 4.77. The fourth-order valence-corrected chi connectivity index (χ4v) is 3.08. The average molecular weight is 311 g/mol. The Bertz CT molecular complexity index is 310. The van der Waals surface area contributed by atoms with Crippen LogP contribution in [0.25, 0.3) is 0 Å². The third kappa shape index (κ3) is 6.99. The number of nitrogens with one attached hydrogen (secondary N) is 2. The molecule has 1 aliphatic rings. The van der Waals surface area contributed by atoms with Gasteiger partial charge in [0.25, 0.3) is 0 Å². The SMILES string of the molecule is CCNC(=NCC(CC)CC)NCC1CCCN(C(C)C)C1. The summed E-state index contributed by atoms with van der Waals surface area (Å²) < 4.78 is 0. The van der Waals surface area contributed by atoms with Gasteiger partial charge in [-0.2, -0.15) is 0 Å². The molecule has 22 heavy (non-hydrogen) atoms. The number of aliphatic imine (C=N–C) groups is 1. The van der Waals surface area contributed by atoms with Gasteiger partial charge >= 0.3 is 0 Å². The second-order valence-corrected chi connectivity index (χ2v) is 6.88. The van der Waals surface area contributed by atoms with E-state index in [2.05, 4.69) is 50.2 Å². The third-order valence-corrected chi connectivity index (χ3v) is 4.85. The molecule has 1 rings (SSSR count). The molecule has 0 saturated carbocycles. The van der Waals surface area contributed by atoms with Gasteiger partial charge < -0.3 is 15.5 Å². The van der Waals surface area contributed by atoms with Crippen molar-refractivity contribution in [1.29, 1.82) is 0 Å². The minimum Gasteiger partial charge on any atom is -0.357 e. The van der Waals surface area contributed by atoms with Gasteiger partial charge in [-0.25, -0.2) is 0 Å². The Hall–Kier alpha value is -0.770. The molecule has 4 nitrogen and oxygen atoms in total. The van der Waals surface area contributed by atoms with Crippen molar-refractivity contribution < 1.29 is 0 Å². The van der Waals surface area contributed by atoms with Crippen LogP contribution in [-0.4, -0.2) is 49.6 Å². The van der Waals surface area contributed by atoms with Gasteiger partial charge in [-0.15, -0.1) is 0 Å². The van der Waals surface area contributed by atoms with Crippen molar-refractivity contribution in [3.05, 3.63) is 0 Å². The van der Waals surface area contributed by atoms with Crippen molar-refractivity contribution in [2.75, 3.05) is 32.7 Å². The maximum Gasteiger partial charge on any atom is 0.191 e. The molecule has 1 unspecified atom stereocenters. The molecule has 0 amide bonds. The van der Waals surface area contributed by atoms with Crippen molar-refractivity contribution >= 4 is 5.96 Å². The van der Waals surface area contributed by atoms with Crippen LogP contribution in [-0.2, 0) is 0 Å². The summed E-state index contributed by atoms with van der Waals surface area (Å²) in [6, 6.07) is 0.666. The van der Waals surface area contributed by atoms with E-state index in [1.54, 1.807) is 0 Å². The van der Waals surface area contributed by atoms with Gasteiger partial charge in [0.05, 0.1) is 0 Å². The summed E-state index contributed by atoms with van der Waals surface area (Å²) in [5.41, 5.74) is 0. The Labute approximate surface area is 138 Å². The maximum atomic E-state index is 4.77.